The molecular weight excluding hydrogens is 247 g/mol. The number of aromatic hydroxyl groups is 1. The second-order valence-corrected chi connectivity index (χ2v) is 5.15. The third kappa shape index (κ3) is 3.67. The van der Waals surface area contributed by atoms with Gasteiger partial charge in [0.2, 0.25) is 0 Å². The quantitative estimate of drug-likeness (QED) is 0.780. The number of benzene rings is 1. The highest BCUT2D eigenvalue weighted by atomic mass is 19.1. The van der Waals surface area contributed by atoms with Crippen molar-refractivity contribution in [3.05, 3.63) is 29.6 Å². The van der Waals surface area contributed by atoms with Crippen LogP contribution in [0.2, 0.25) is 0 Å². The summed E-state index contributed by atoms with van der Waals surface area (Å²) in [6.07, 6.45) is 4.00. The van der Waals surface area contributed by atoms with Crippen LogP contribution in [-0.2, 0) is 0 Å². The van der Waals surface area contributed by atoms with E-state index in [0.29, 0.717) is 12.5 Å². The molecular formula is C14H19FN2O2. The summed E-state index contributed by atoms with van der Waals surface area (Å²) in [6, 6.07) is 3.67. The molecule has 2 rings (SSSR count). The molecule has 1 aliphatic rings. The molecule has 0 aliphatic heterocycles. The van der Waals surface area contributed by atoms with Crippen molar-refractivity contribution in [3.8, 4) is 5.75 Å². The van der Waals surface area contributed by atoms with E-state index in [1.807, 2.05) is 0 Å². The molecule has 1 fully saturated rings. The first-order valence-corrected chi connectivity index (χ1v) is 6.58. The van der Waals surface area contributed by atoms with Crippen LogP contribution in [0.5, 0.6) is 5.75 Å². The summed E-state index contributed by atoms with van der Waals surface area (Å²) in [6.45, 7) is 0.572. The molecule has 0 radical (unpaired) electrons. The molecule has 1 aromatic carbocycles. The molecule has 0 atom stereocenters. The van der Waals surface area contributed by atoms with E-state index in [-0.39, 0.29) is 23.3 Å². The number of hydrogen-bond acceptors (Lipinski definition) is 3. The van der Waals surface area contributed by atoms with Gasteiger partial charge in [-0.2, -0.15) is 0 Å². The highest BCUT2D eigenvalue weighted by molar-refractivity contribution is 5.96. The van der Waals surface area contributed by atoms with Crippen LogP contribution in [0.3, 0.4) is 0 Å². The number of amides is 1. The van der Waals surface area contributed by atoms with Crippen molar-refractivity contribution in [2.45, 2.75) is 31.7 Å². The smallest absolute Gasteiger partial charge is 0.255 e. The van der Waals surface area contributed by atoms with E-state index in [2.05, 4.69) is 5.32 Å². The Kier molecular flexibility index (Phi) is 4.37. The Morgan fingerprint density at radius 2 is 2.05 bits per heavy atom. The first-order chi connectivity index (χ1) is 9.06. The molecule has 104 valence electrons. The van der Waals surface area contributed by atoms with Crippen molar-refractivity contribution in [2.24, 2.45) is 11.7 Å². The van der Waals surface area contributed by atoms with Gasteiger partial charge in [0.05, 0.1) is 5.56 Å². The van der Waals surface area contributed by atoms with Gasteiger partial charge in [-0.15, -0.1) is 0 Å². The van der Waals surface area contributed by atoms with Gasteiger partial charge >= 0.3 is 0 Å². The Hall–Kier alpha value is -1.62. The predicted molar refractivity (Wildman–Crippen MR) is 70.3 cm³/mol. The van der Waals surface area contributed by atoms with Gasteiger partial charge in [0.15, 0.2) is 0 Å². The number of carbonyl (C=O) groups excluding carboxylic acids is 1. The van der Waals surface area contributed by atoms with Crippen molar-refractivity contribution in [3.63, 3.8) is 0 Å². The zero-order valence-electron chi connectivity index (χ0n) is 10.7. The normalized spacial score (nSPS) is 23.1. The SMILES string of the molecule is NC1CCC(CNC(=O)c2ccc(F)cc2O)CC1. The average Bonchev–Trinajstić information content (AvgIpc) is 2.37. The molecule has 0 bridgehead atoms. The first-order valence-electron chi connectivity index (χ1n) is 6.58. The lowest BCUT2D eigenvalue weighted by Crippen LogP contribution is -2.34. The molecule has 0 aromatic heterocycles. The number of rotatable bonds is 3. The second kappa shape index (κ2) is 6.02. The number of nitrogens with one attached hydrogen (secondary N) is 1. The summed E-state index contributed by atoms with van der Waals surface area (Å²) in [5.41, 5.74) is 5.93. The molecule has 5 heteroatoms. The molecule has 0 unspecified atom stereocenters. The molecule has 0 heterocycles. The van der Waals surface area contributed by atoms with E-state index < -0.39 is 5.82 Å². The van der Waals surface area contributed by atoms with Crippen LogP contribution in [0.25, 0.3) is 0 Å². The molecule has 1 aliphatic carbocycles. The second-order valence-electron chi connectivity index (χ2n) is 5.15. The maximum Gasteiger partial charge on any atom is 0.255 e. The maximum atomic E-state index is 12.8. The number of phenols is 1. The van der Waals surface area contributed by atoms with Gasteiger partial charge in [-0.1, -0.05) is 0 Å². The van der Waals surface area contributed by atoms with E-state index in [4.69, 9.17) is 5.73 Å². The lowest BCUT2D eigenvalue weighted by atomic mass is 9.86. The molecule has 1 aromatic rings. The van der Waals surface area contributed by atoms with Crippen molar-refractivity contribution < 1.29 is 14.3 Å². The fourth-order valence-electron chi connectivity index (χ4n) is 2.42. The number of hydrogen-bond donors (Lipinski definition) is 3. The Labute approximate surface area is 111 Å². The minimum Gasteiger partial charge on any atom is -0.507 e. The van der Waals surface area contributed by atoms with Crippen LogP contribution in [-0.4, -0.2) is 23.6 Å². The molecule has 1 saturated carbocycles. The monoisotopic (exact) mass is 266 g/mol. The third-order valence-corrected chi connectivity index (χ3v) is 3.65. The van der Waals surface area contributed by atoms with E-state index in [1.54, 1.807) is 0 Å². The van der Waals surface area contributed by atoms with Crippen molar-refractivity contribution >= 4 is 5.91 Å². The molecule has 4 N–H and O–H groups in total. The Balaban J connectivity index is 1.87. The van der Waals surface area contributed by atoms with Crippen LogP contribution in [0.1, 0.15) is 36.0 Å². The van der Waals surface area contributed by atoms with Crippen LogP contribution >= 0.6 is 0 Å². The Bertz CT molecular complexity index is 457. The van der Waals surface area contributed by atoms with Crippen molar-refractivity contribution in [2.75, 3.05) is 6.54 Å². The summed E-state index contributed by atoms with van der Waals surface area (Å²) in [5, 5.41) is 12.3. The van der Waals surface area contributed by atoms with Crippen LogP contribution < -0.4 is 11.1 Å². The fraction of sp³-hybridized carbons (Fsp3) is 0.500. The Morgan fingerprint density at radius 1 is 1.37 bits per heavy atom. The van der Waals surface area contributed by atoms with Crippen molar-refractivity contribution in [1.82, 2.24) is 5.32 Å². The van der Waals surface area contributed by atoms with Crippen LogP contribution in [0.4, 0.5) is 4.39 Å². The number of halogens is 1. The molecule has 4 nitrogen and oxygen atoms in total. The highest BCUT2D eigenvalue weighted by Crippen LogP contribution is 2.23. The number of nitrogens with two attached hydrogens (primary N) is 1. The van der Waals surface area contributed by atoms with E-state index in [1.165, 1.54) is 6.07 Å². The van der Waals surface area contributed by atoms with Crippen LogP contribution in [0, 0.1) is 11.7 Å². The number of carbonyl (C=O) groups is 1. The lowest BCUT2D eigenvalue weighted by molar-refractivity contribution is 0.0940. The van der Waals surface area contributed by atoms with E-state index in [0.717, 1.165) is 37.8 Å². The first kappa shape index (κ1) is 13.8. The van der Waals surface area contributed by atoms with E-state index in [9.17, 15) is 14.3 Å². The van der Waals surface area contributed by atoms with Gasteiger partial charge in [-0.05, 0) is 43.7 Å². The minimum atomic E-state index is -0.560. The zero-order valence-corrected chi connectivity index (χ0v) is 10.7. The fourth-order valence-corrected chi connectivity index (χ4v) is 2.42. The predicted octanol–water partition coefficient (Wildman–Crippen LogP) is 1.78. The van der Waals surface area contributed by atoms with Gasteiger partial charge in [0, 0.05) is 18.7 Å². The number of phenolic OH excluding ortho intramolecular Hbond substituents is 1. The summed E-state index contributed by atoms with van der Waals surface area (Å²) >= 11 is 0. The van der Waals surface area contributed by atoms with Gasteiger partial charge in [0.25, 0.3) is 5.91 Å². The van der Waals surface area contributed by atoms with E-state index >= 15 is 0 Å². The molecule has 19 heavy (non-hydrogen) atoms. The maximum absolute atomic E-state index is 12.8. The zero-order chi connectivity index (χ0) is 13.8. The standard InChI is InChI=1S/C14H19FN2O2/c15-10-3-6-12(13(18)7-10)14(19)17-8-9-1-4-11(16)5-2-9/h3,6-7,9,11,18H,1-2,4-5,8,16H2,(H,17,19). The summed E-state index contributed by atoms with van der Waals surface area (Å²) in [4.78, 5) is 11.9. The molecule has 0 spiro atoms. The minimum absolute atomic E-state index is 0.105. The lowest BCUT2D eigenvalue weighted by Gasteiger charge is -2.26. The molecule has 1 amide bonds. The largest absolute Gasteiger partial charge is 0.507 e. The average molecular weight is 266 g/mol. The summed E-state index contributed by atoms with van der Waals surface area (Å²) < 4.78 is 12.8. The van der Waals surface area contributed by atoms with Gasteiger partial charge < -0.3 is 16.2 Å². The Morgan fingerprint density at radius 3 is 2.68 bits per heavy atom. The highest BCUT2D eigenvalue weighted by Gasteiger charge is 2.19. The summed E-state index contributed by atoms with van der Waals surface area (Å²) in [7, 11) is 0. The van der Waals surface area contributed by atoms with Gasteiger partial charge in [-0.25, -0.2) is 4.39 Å². The van der Waals surface area contributed by atoms with Gasteiger partial charge in [0.1, 0.15) is 11.6 Å². The van der Waals surface area contributed by atoms with Gasteiger partial charge in [-0.3, -0.25) is 4.79 Å². The van der Waals surface area contributed by atoms with Crippen molar-refractivity contribution in [1.29, 1.82) is 0 Å². The van der Waals surface area contributed by atoms with Crippen LogP contribution in [0.15, 0.2) is 18.2 Å². The topological polar surface area (TPSA) is 75.3 Å². The summed E-state index contributed by atoms with van der Waals surface area (Å²) in [5.74, 6) is -0.822. The molecule has 0 saturated heterocycles. The third-order valence-electron chi connectivity index (χ3n) is 3.65.